The highest BCUT2D eigenvalue weighted by Crippen LogP contribution is 2.10. The van der Waals surface area contributed by atoms with Crippen LogP contribution in [0.5, 0.6) is 0 Å². The van der Waals surface area contributed by atoms with Gasteiger partial charge in [-0.25, -0.2) is 4.79 Å². The van der Waals surface area contributed by atoms with Crippen LogP contribution in [0.4, 0.5) is 0 Å². The molecule has 0 aromatic rings. The van der Waals surface area contributed by atoms with Gasteiger partial charge in [-0.3, -0.25) is 19.2 Å². The first-order chi connectivity index (χ1) is 13.7. The summed E-state index contributed by atoms with van der Waals surface area (Å²) in [5, 5.41) is 24.8. The first-order valence-electron chi connectivity index (χ1n) is 9.53. The molecule has 0 unspecified atom stereocenters. The molecular weight excluding hydrogens is 402 g/mol. The number of hydrogen-bond donors (Lipinski definition) is 5. The van der Waals surface area contributed by atoms with Crippen molar-refractivity contribution in [2.24, 2.45) is 0 Å². The minimum Gasteiger partial charge on any atom is -0.480 e. The largest absolute Gasteiger partial charge is 0.480 e. The number of amides is 3. The Kier molecular flexibility index (Phi) is 14.4. The molecule has 11 heteroatoms. The summed E-state index contributed by atoms with van der Waals surface area (Å²) in [7, 11) is 0. The second-order valence-electron chi connectivity index (χ2n) is 6.50. The van der Waals surface area contributed by atoms with E-state index in [1.54, 1.807) is 0 Å². The minimum atomic E-state index is -1.26. The Bertz CT molecular complexity index is 572. The lowest BCUT2D eigenvalue weighted by Crippen LogP contribution is -2.49. The van der Waals surface area contributed by atoms with Crippen molar-refractivity contribution in [3.63, 3.8) is 0 Å². The number of unbranched alkanes of at least 4 members (excludes halogenated alkanes) is 3. The molecule has 0 saturated carbocycles. The van der Waals surface area contributed by atoms with Crippen molar-refractivity contribution in [3.05, 3.63) is 0 Å². The fourth-order valence-electron chi connectivity index (χ4n) is 2.35. The molecule has 0 rings (SSSR count). The van der Waals surface area contributed by atoms with Gasteiger partial charge >= 0.3 is 11.9 Å². The number of carboxylic acid groups (broad SMARTS) is 2. The molecule has 0 spiro atoms. The van der Waals surface area contributed by atoms with Gasteiger partial charge in [0.05, 0.1) is 0 Å². The van der Waals surface area contributed by atoms with E-state index in [0.717, 1.165) is 31.4 Å². The predicted molar refractivity (Wildman–Crippen MR) is 109 cm³/mol. The molecule has 5 N–H and O–H groups in total. The quantitative estimate of drug-likeness (QED) is 0.218. The van der Waals surface area contributed by atoms with Crippen molar-refractivity contribution in [1.82, 2.24) is 16.0 Å². The standard InChI is InChI=1S/C18H31N3O7S/c1-3-4-5-6-9-29-11-14(17(26)19-10-16(24)25)21-15(23)8-7-13(18(27)28)20-12(2)22/h13-14H,3-11H2,1-2H3,(H,19,26)(H,20,22)(H,21,23)(H,24,25)(H,27,28)/t13-,14-/m0/s1. The van der Waals surface area contributed by atoms with E-state index in [2.05, 4.69) is 22.9 Å². The minimum absolute atomic E-state index is 0.131. The predicted octanol–water partition coefficient (Wildman–Crippen LogP) is 0.355. The Balaban J connectivity index is 4.66. The maximum Gasteiger partial charge on any atom is 0.326 e. The fraction of sp³-hybridized carbons (Fsp3) is 0.722. The van der Waals surface area contributed by atoms with Crippen LogP contribution in [0.3, 0.4) is 0 Å². The maximum absolute atomic E-state index is 12.2. The molecule has 0 bridgehead atoms. The van der Waals surface area contributed by atoms with E-state index in [9.17, 15) is 24.0 Å². The van der Waals surface area contributed by atoms with Crippen LogP contribution in [0.25, 0.3) is 0 Å². The number of carboxylic acids is 2. The normalized spacial score (nSPS) is 12.5. The summed E-state index contributed by atoms with van der Waals surface area (Å²) in [6.45, 7) is 2.72. The molecule has 0 radical (unpaired) electrons. The molecule has 0 aliphatic rings. The van der Waals surface area contributed by atoms with E-state index in [4.69, 9.17) is 10.2 Å². The summed E-state index contributed by atoms with van der Waals surface area (Å²) >= 11 is 1.48. The Morgan fingerprint density at radius 3 is 2.21 bits per heavy atom. The van der Waals surface area contributed by atoms with E-state index >= 15 is 0 Å². The van der Waals surface area contributed by atoms with Crippen LogP contribution >= 0.6 is 11.8 Å². The van der Waals surface area contributed by atoms with E-state index in [1.807, 2.05) is 0 Å². The van der Waals surface area contributed by atoms with Crippen LogP contribution in [0.1, 0.15) is 52.4 Å². The molecule has 29 heavy (non-hydrogen) atoms. The monoisotopic (exact) mass is 433 g/mol. The van der Waals surface area contributed by atoms with E-state index in [0.29, 0.717) is 0 Å². The highest BCUT2D eigenvalue weighted by atomic mass is 32.2. The SMILES string of the molecule is CCCCCCSC[C@H](NC(=O)CC[C@H](NC(C)=O)C(=O)O)C(=O)NCC(=O)O. The Morgan fingerprint density at radius 2 is 1.66 bits per heavy atom. The number of carbonyl (C=O) groups excluding carboxylic acids is 3. The summed E-state index contributed by atoms with van der Waals surface area (Å²) in [5.41, 5.74) is 0. The van der Waals surface area contributed by atoms with Crippen LogP contribution in [0.15, 0.2) is 0 Å². The third-order valence-electron chi connectivity index (χ3n) is 3.83. The average Bonchev–Trinajstić information content (AvgIpc) is 2.64. The van der Waals surface area contributed by atoms with Gasteiger partial charge in [0.15, 0.2) is 0 Å². The molecule has 0 saturated heterocycles. The zero-order valence-electron chi connectivity index (χ0n) is 16.9. The lowest BCUT2D eigenvalue weighted by Gasteiger charge is -2.19. The number of hydrogen-bond acceptors (Lipinski definition) is 6. The molecule has 0 fully saturated rings. The summed E-state index contributed by atoms with van der Waals surface area (Å²) in [4.78, 5) is 57.1. The van der Waals surface area contributed by atoms with Crippen LogP contribution < -0.4 is 16.0 Å². The van der Waals surface area contributed by atoms with Crippen molar-refractivity contribution in [3.8, 4) is 0 Å². The van der Waals surface area contributed by atoms with Gasteiger partial charge < -0.3 is 26.2 Å². The number of rotatable bonds is 16. The Labute approximate surface area is 174 Å². The molecule has 0 aromatic heterocycles. The van der Waals surface area contributed by atoms with Gasteiger partial charge in [0.25, 0.3) is 0 Å². The van der Waals surface area contributed by atoms with Crippen molar-refractivity contribution >= 4 is 41.4 Å². The molecule has 0 heterocycles. The first kappa shape index (κ1) is 26.7. The van der Waals surface area contributed by atoms with Crippen molar-refractivity contribution in [1.29, 1.82) is 0 Å². The lowest BCUT2D eigenvalue weighted by molar-refractivity contribution is -0.142. The van der Waals surface area contributed by atoms with Crippen LogP contribution in [-0.4, -0.2) is 70.0 Å². The van der Waals surface area contributed by atoms with Crippen LogP contribution in [-0.2, 0) is 24.0 Å². The average molecular weight is 434 g/mol. The summed E-state index contributed by atoms with van der Waals surface area (Å²) in [6.07, 6.45) is 3.95. The smallest absolute Gasteiger partial charge is 0.326 e. The van der Waals surface area contributed by atoms with E-state index in [-0.39, 0.29) is 18.6 Å². The fourth-order valence-corrected chi connectivity index (χ4v) is 3.39. The molecular formula is C18H31N3O7S. The molecule has 0 aliphatic heterocycles. The van der Waals surface area contributed by atoms with Crippen LogP contribution in [0, 0.1) is 0 Å². The van der Waals surface area contributed by atoms with Crippen LogP contribution in [0.2, 0.25) is 0 Å². The third-order valence-corrected chi connectivity index (χ3v) is 4.97. The highest BCUT2D eigenvalue weighted by molar-refractivity contribution is 7.99. The van der Waals surface area contributed by atoms with Gasteiger partial charge in [0.2, 0.25) is 17.7 Å². The first-order valence-corrected chi connectivity index (χ1v) is 10.7. The second kappa shape index (κ2) is 15.6. The van der Waals surface area contributed by atoms with Gasteiger partial charge in [-0.15, -0.1) is 0 Å². The molecule has 3 amide bonds. The number of aliphatic carboxylic acids is 2. The molecule has 166 valence electrons. The summed E-state index contributed by atoms with van der Waals surface area (Å²) in [5.74, 6) is -3.06. The van der Waals surface area contributed by atoms with Crippen molar-refractivity contribution < 1.29 is 34.2 Å². The zero-order valence-corrected chi connectivity index (χ0v) is 17.7. The third kappa shape index (κ3) is 14.4. The maximum atomic E-state index is 12.2. The lowest BCUT2D eigenvalue weighted by atomic mass is 10.1. The van der Waals surface area contributed by atoms with Gasteiger partial charge in [0.1, 0.15) is 18.6 Å². The summed E-state index contributed by atoms with van der Waals surface area (Å²) < 4.78 is 0. The van der Waals surface area contributed by atoms with Gasteiger partial charge in [-0.2, -0.15) is 11.8 Å². The molecule has 10 nitrogen and oxygen atoms in total. The van der Waals surface area contributed by atoms with E-state index in [1.165, 1.54) is 18.7 Å². The van der Waals surface area contributed by atoms with E-state index < -0.39 is 48.3 Å². The van der Waals surface area contributed by atoms with Gasteiger partial charge in [0, 0.05) is 19.1 Å². The molecule has 2 atom stereocenters. The Hall–Kier alpha value is -2.30. The van der Waals surface area contributed by atoms with Crippen molar-refractivity contribution in [2.45, 2.75) is 64.5 Å². The number of nitrogens with one attached hydrogen (secondary N) is 3. The highest BCUT2D eigenvalue weighted by Gasteiger charge is 2.23. The Morgan fingerprint density at radius 1 is 0.966 bits per heavy atom. The van der Waals surface area contributed by atoms with Gasteiger partial charge in [-0.1, -0.05) is 26.2 Å². The van der Waals surface area contributed by atoms with Crippen molar-refractivity contribution in [2.75, 3.05) is 18.1 Å². The zero-order chi connectivity index (χ0) is 22.2. The topological polar surface area (TPSA) is 162 Å². The number of carbonyl (C=O) groups is 5. The second-order valence-corrected chi connectivity index (χ2v) is 7.65. The summed E-state index contributed by atoms with van der Waals surface area (Å²) in [6, 6.07) is -2.13. The van der Waals surface area contributed by atoms with Gasteiger partial charge in [-0.05, 0) is 18.6 Å². The number of thioether (sulfide) groups is 1. The molecule has 0 aromatic carbocycles. The molecule has 0 aliphatic carbocycles.